The summed E-state index contributed by atoms with van der Waals surface area (Å²) in [5.41, 5.74) is 2.32. The largest absolute Gasteiger partial charge is 0.416 e. The molecule has 0 bridgehead atoms. The van der Waals surface area contributed by atoms with Crippen molar-refractivity contribution in [3.8, 4) is 0 Å². The number of nitrogens with zero attached hydrogens (tertiary/aromatic N) is 2. The van der Waals surface area contributed by atoms with Gasteiger partial charge in [0.25, 0.3) is 11.8 Å². The lowest BCUT2D eigenvalue weighted by molar-refractivity contribution is -0.138. The summed E-state index contributed by atoms with van der Waals surface area (Å²) in [5, 5.41) is 3.57. The smallest absolute Gasteiger partial charge is 0.319 e. The van der Waals surface area contributed by atoms with Crippen LogP contribution in [0.1, 0.15) is 18.1 Å². The Morgan fingerprint density at radius 1 is 1.18 bits per heavy atom. The number of hydrogen-bond acceptors (Lipinski definition) is 4. The van der Waals surface area contributed by atoms with Gasteiger partial charge in [-0.3, -0.25) is 15.0 Å². The van der Waals surface area contributed by atoms with Gasteiger partial charge in [0.15, 0.2) is 0 Å². The van der Waals surface area contributed by atoms with Gasteiger partial charge in [0, 0.05) is 5.69 Å². The van der Waals surface area contributed by atoms with Crippen molar-refractivity contribution in [3.05, 3.63) is 59.7 Å². The third kappa shape index (κ3) is 3.98. The van der Waals surface area contributed by atoms with Gasteiger partial charge >= 0.3 is 6.18 Å². The second-order valence-corrected chi connectivity index (χ2v) is 6.26. The van der Waals surface area contributed by atoms with Crippen LogP contribution in [0.5, 0.6) is 0 Å². The van der Waals surface area contributed by atoms with Crippen LogP contribution in [-0.4, -0.2) is 23.7 Å². The highest BCUT2D eigenvalue weighted by molar-refractivity contribution is 6.43. The van der Waals surface area contributed by atoms with Gasteiger partial charge in [-0.1, -0.05) is 24.3 Å². The number of hydrogen-bond donors (Lipinski definition) is 2. The Morgan fingerprint density at radius 2 is 1.86 bits per heavy atom. The SMILES string of the molecule is Cc1ccc(NC(=O)C2=N[C@H](C)C(=O)N(c3ccccc3)N2)cc1C(F)(F)F. The van der Waals surface area contributed by atoms with E-state index in [2.05, 4.69) is 15.7 Å². The maximum atomic E-state index is 13.1. The number of hydrazine groups is 1. The monoisotopic (exact) mass is 390 g/mol. The minimum Gasteiger partial charge on any atom is -0.319 e. The van der Waals surface area contributed by atoms with E-state index in [4.69, 9.17) is 0 Å². The summed E-state index contributed by atoms with van der Waals surface area (Å²) < 4.78 is 39.2. The van der Waals surface area contributed by atoms with E-state index in [0.29, 0.717) is 5.69 Å². The Bertz CT molecular complexity index is 942. The van der Waals surface area contributed by atoms with Crippen LogP contribution in [0.4, 0.5) is 24.5 Å². The first kappa shape index (κ1) is 19.4. The molecule has 0 saturated carbocycles. The molecule has 146 valence electrons. The molecule has 2 aromatic rings. The topological polar surface area (TPSA) is 73.8 Å². The van der Waals surface area contributed by atoms with E-state index in [9.17, 15) is 22.8 Å². The Hall–Kier alpha value is -3.36. The zero-order chi connectivity index (χ0) is 20.5. The fourth-order valence-electron chi connectivity index (χ4n) is 2.70. The molecule has 0 unspecified atom stereocenters. The number of halogens is 3. The number of anilines is 2. The van der Waals surface area contributed by atoms with Gasteiger partial charge in [0.05, 0.1) is 11.3 Å². The number of benzene rings is 2. The normalized spacial score (nSPS) is 17.0. The summed E-state index contributed by atoms with van der Waals surface area (Å²) in [7, 11) is 0. The number of alkyl halides is 3. The van der Waals surface area contributed by atoms with Crippen LogP contribution >= 0.6 is 0 Å². The number of rotatable bonds is 3. The summed E-state index contributed by atoms with van der Waals surface area (Å²) in [5.74, 6) is -1.29. The molecular formula is C19H17F3N4O2. The second kappa shape index (κ2) is 7.34. The fourth-order valence-corrected chi connectivity index (χ4v) is 2.70. The Kier molecular flexibility index (Phi) is 5.08. The fraction of sp³-hybridized carbons (Fsp3) is 0.211. The zero-order valence-corrected chi connectivity index (χ0v) is 15.0. The van der Waals surface area contributed by atoms with Gasteiger partial charge in [-0.05, 0) is 43.7 Å². The van der Waals surface area contributed by atoms with Crippen LogP contribution in [0.15, 0.2) is 53.5 Å². The minimum atomic E-state index is -4.53. The van der Waals surface area contributed by atoms with E-state index >= 15 is 0 Å². The maximum Gasteiger partial charge on any atom is 0.416 e. The molecule has 3 rings (SSSR count). The predicted molar refractivity (Wildman–Crippen MR) is 98.8 cm³/mol. The van der Waals surface area contributed by atoms with Gasteiger partial charge in [-0.15, -0.1) is 0 Å². The average molecular weight is 390 g/mol. The quantitative estimate of drug-likeness (QED) is 0.845. The van der Waals surface area contributed by atoms with E-state index in [1.54, 1.807) is 30.3 Å². The molecule has 0 radical (unpaired) electrons. The average Bonchev–Trinajstić information content (AvgIpc) is 2.65. The molecule has 0 fully saturated rings. The van der Waals surface area contributed by atoms with Gasteiger partial charge in [0.2, 0.25) is 5.84 Å². The van der Waals surface area contributed by atoms with Crippen LogP contribution in [0.25, 0.3) is 0 Å². The van der Waals surface area contributed by atoms with Crippen molar-refractivity contribution in [2.75, 3.05) is 10.3 Å². The van der Waals surface area contributed by atoms with Gasteiger partial charge in [-0.25, -0.2) is 10.0 Å². The van der Waals surface area contributed by atoms with Crippen molar-refractivity contribution in [2.24, 2.45) is 4.99 Å². The lowest BCUT2D eigenvalue weighted by Gasteiger charge is -2.30. The van der Waals surface area contributed by atoms with Gasteiger partial charge in [-0.2, -0.15) is 13.2 Å². The summed E-state index contributed by atoms with van der Waals surface area (Å²) in [6, 6.07) is 11.3. The minimum absolute atomic E-state index is 0.0248. The molecule has 0 saturated heterocycles. The molecule has 1 heterocycles. The van der Waals surface area contributed by atoms with Crippen LogP contribution in [0, 0.1) is 6.92 Å². The number of amides is 2. The third-order valence-corrected chi connectivity index (χ3v) is 4.15. The molecule has 2 amide bonds. The highest BCUT2D eigenvalue weighted by Crippen LogP contribution is 2.33. The van der Waals surface area contributed by atoms with Crippen molar-refractivity contribution >= 4 is 29.0 Å². The first-order chi connectivity index (χ1) is 13.2. The number of carbonyl (C=O) groups is 2. The third-order valence-electron chi connectivity index (χ3n) is 4.15. The molecule has 0 spiro atoms. The van der Waals surface area contributed by atoms with E-state index in [-0.39, 0.29) is 23.0 Å². The Balaban J connectivity index is 1.83. The molecule has 6 nitrogen and oxygen atoms in total. The summed E-state index contributed by atoms with van der Waals surface area (Å²) in [4.78, 5) is 28.9. The Labute approximate surface area is 159 Å². The van der Waals surface area contributed by atoms with Crippen LogP contribution in [0.2, 0.25) is 0 Å². The molecule has 2 N–H and O–H groups in total. The molecule has 28 heavy (non-hydrogen) atoms. The Morgan fingerprint density at radius 3 is 2.50 bits per heavy atom. The van der Waals surface area contributed by atoms with Crippen molar-refractivity contribution in [1.29, 1.82) is 0 Å². The standard InChI is InChI=1S/C19H17F3N4O2/c1-11-8-9-13(10-15(11)19(20,21)22)24-17(27)16-23-12(2)18(28)26(25-16)14-6-4-3-5-7-14/h3-10,12H,1-2H3,(H,23,25)(H,24,27)/t12-/m1/s1. The number of aryl methyl sites for hydroxylation is 1. The lowest BCUT2D eigenvalue weighted by Crippen LogP contribution is -2.57. The van der Waals surface area contributed by atoms with Gasteiger partial charge < -0.3 is 5.32 Å². The summed E-state index contributed by atoms with van der Waals surface area (Å²) in [6.45, 7) is 2.87. The van der Waals surface area contributed by atoms with Crippen molar-refractivity contribution < 1.29 is 22.8 Å². The molecule has 1 aliphatic heterocycles. The zero-order valence-electron chi connectivity index (χ0n) is 15.0. The van der Waals surface area contributed by atoms with E-state index < -0.39 is 23.7 Å². The molecule has 0 aromatic heterocycles. The number of amidine groups is 1. The molecule has 1 aliphatic rings. The molecule has 0 aliphatic carbocycles. The van der Waals surface area contributed by atoms with Crippen LogP contribution in [0.3, 0.4) is 0 Å². The predicted octanol–water partition coefficient (Wildman–Crippen LogP) is 3.29. The summed E-state index contributed by atoms with van der Waals surface area (Å²) in [6.07, 6.45) is -4.53. The van der Waals surface area contributed by atoms with Crippen molar-refractivity contribution in [1.82, 2.24) is 5.43 Å². The summed E-state index contributed by atoms with van der Waals surface area (Å²) >= 11 is 0. The highest BCUT2D eigenvalue weighted by Gasteiger charge is 2.33. The first-order valence-electron chi connectivity index (χ1n) is 8.39. The lowest BCUT2D eigenvalue weighted by atomic mass is 10.1. The second-order valence-electron chi connectivity index (χ2n) is 6.26. The molecule has 9 heteroatoms. The number of nitrogens with one attached hydrogen (secondary N) is 2. The number of aliphatic imine (C=N–C) groups is 1. The molecule has 1 atom stereocenters. The van der Waals surface area contributed by atoms with Crippen LogP contribution < -0.4 is 15.8 Å². The number of para-hydroxylation sites is 1. The van der Waals surface area contributed by atoms with E-state index in [0.717, 1.165) is 6.07 Å². The van der Waals surface area contributed by atoms with Crippen molar-refractivity contribution in [2.45, 2.75) is 26.1 Å². The van der Waals surface area contributed by atoms with E-state index in [1.807, 2.05) is 0 Å². The first-order valence-corrected chi connectivity index (χ1v) is 8.39. The maximum absolute atomic E-state index is 13.1. The van der Waals surface area contributed by atoms with E-state index in [1.165, 1.54) is 31.0 Å². The highest BCUT2D eigenvalue weighted by atomic mass is 19.4. The van der Waals surface area contributed by atoms with Gasteiger partial charge in [0.1, 0.15) is 6.04 Å². The van der Waals surface area contributed by atoms with Crippen molar-refractivity contribution in [3.63, 3.8) is 0 Å². The molecule has 2 aromatic carbocycles. The van der Waals surface area contributed by atoms with Crippen LogP contribution in [-0.2, 0) is 15.8 Å². The number of carbonyl (C=O) groups excluding carboxylic acids is 2. The molecular weight excluding hydrogens is 373 g/mol.